The summed E-state index contributed by atoms with van der Waals surface area (Å²) >= 11 is 0. The quantitative estimate of drug-likeness (QED) is 0.0619. The predicted molar refractivity (Wildman–Crippen MR) is 156 cm³/mol. The molecule has 1 heterocycles. The van der Waals surface area contributed by atoms with E-state index in [9.17, 15) is 29.4 Å². The number of nitrogens with two attached hydrogens (primary N) is 3. The third-order valence-corrected chi connectivity index (χ3v) is 6.46. The van der Waals surface area contributed by atoms with Crippen molar-refractivity contribution in [2.24, 2.45) is 22.2 Å². The van der Waals surface area contributed by atoms with Crippen molar-refractivity contribution in [2.75, 3.05) is 13.1 Å². The number of phenolic OH excluding ortho intramolecular Hbond substituents is 1. The molecule has 0 spiro atoms. The van der Waals surface area contributed by atoms with Crippen LogP contribution in [0.25, 0.3) is 10.9 Å². The van der Waals surface area contributed by atoms with Crippen LogP contribution < -0.4 is 33.2 Å². The number of carboxylic acid groups (broad SMARTS) is 1. The zero-order valence-electron chi connectivity index (χ0n) is 22.9. The molecule has 0 saturated carbocycles. The highest BCUT2D eigenvalue weighted by Crippen LogP contribution is 2.19. The van der Waals surface area contributed by atoms with Gasteiger partial charge in [-0.15, -0.1) is 0 Å². The van der Waals surface area contributed by atoms with Gasteiger partial charge in [0.2, 0.25) is 17.7 Å². The lowest BCUT2D eigenvalue weighted by Crippen LogP contribution is -2.54. The van der Waals surface area contributed by atoms with Crippen LogP contribution in [0.1, 0.15) is 24.0 Å². The number of aromatic hydroxyl groups is 1. The fourth-order valence-corrected chi connectivity index (χ4v) is 4.29. The van der Waals surface area contributed by atoms with Gasteiger partial charge in [-0.05, 0) is 48.6 Å². The number of fused-ring (bicyclic) bond motifs is 1. The number of aliphatic imine (C=N–C) groups is 1. The Kier molecular flexibility index (Phi) is 11.3. The lowest BCUT2D eigenvalue weighted by Gasteiger charge is -2.22. The molecule has 224 valence electrons. The van der Waals surface area contributed by atoms with Gasteiger partial charge in [-0.3, -0.25) is 19.4 Å². The van der Waals surface area contributed by atoms with Crippen LogP contribution >= 0.6 is 0 Å². The Morgan fingerprint density at radius 3 is 2.33 bits per heavy atom. The first-order chi connectivity index (χ1) is 20.0. The van der Waals surface area contributed by atoms with E-state index < -0.39 is 48.4 Å². The van der Waals surface area contributed by atoms with Gasteiger partial charge in [0.1, 0.15) is 17.8 Å². The number of hydrogen-bond donors (Lipinski definition) is 9. The monoisotopic (exact) mass is 580 g/mol. The molecule has 0 radical (unpaired) electrons. The molecule has 0 fully saturated rings. The summed E-state index contributed by atoms with van der Waals surface area (Å²) in [5.74, 6) is -3.25. The van der Waals surface area contributed by atoms with Gasteiger partial charge < -0.3 is 48.3 Å². The number of aromatic nitrogens is 1. The largest absolute Gasteiger partial charge is 0.508 e. The fraction of sp³-hybridized carbons (Fsp3) is 0.321. The van der Waals surface area contributed by atoms with Crippen LogP contribution in [0.3, 0.4) is 0 Å². The van der Waals surface area contributed by atoms with Crippen molar-refractivity contribution >= 4 is 40.6 Å². The van der Waals surface area contributed by atoms with E-state index in [0.29, 0.717) is 6.42 Å². The predicted octanol–water partition coefficient (Wildman–Crippen LogP) is -0.790. The number of hydrogen-bond acceptors (Lipinski definition) is 7. The van der Waals surface area contributed by atoms with E-state index >= 15 is 0 Å². The number of benzene rings is 2. The Labute approximate surface area is 241 Å². The van der Waals surface area contributed by atoms with Crippen LogP contribution in [-0.2, 0) is 32.0 Å². The second kappa shape index (κ2) is 15.0. The lowest BCUT2D eigenvalue weighted by atomic mass is 10.0. The maximum Gasteiger partial charge on any atom is 0.326 e. The van der Waals surface area contributed by atoms with Gasteiger partial charge in [0.25, 0.3) is 0 Å². The zero-order chi connectivity index (χ0) is 30.6. The average molecular weight is 581 g/mol. The number of amides is 3. The molecule has 3 unspecified atom stereocenters. The molecule has 0 bridgehead atoms. The number of phenols is 1. The molecular formula is C28H36N8O6. The highest BCUT2D eigenvalue weighted by atomic mass is 16.4. The zero-order valence-corrected chi connectivity index (χ0v) is 22.9. The van der Waals surface area contributed by atoms with Gasteiger partial charge in [0, 0.05) is 30.1 Å². The minimum absolute atomic E-state index is 0.0518. The van der Waals surface area contributed by atoms with E-state index in [1.165, 1.54) is 12.1 Å². The maximum atomic E-state index is 13.3. The number of guanidine groups is 1. The normalized spacial score (nSPS) is 13.0. The molecule has 0 aliphatic rings. The smallest absolute Gasteiger partial charge is 0.326 e. The number of carboxylic acids is 1. The first-order valence-corrected chi connectivity index (χ1v) is 13.3. The highest BCUT2D eigenvalue weighted by Gasteiger charge is 2.27. The first kappa shape index (κ1) is 31.4. The summed E-state index contributed by atoms with van der Waals surface area (Å²) in [4.78, 5) is 57.3. The van der Waals surface area contributed by atoms with Crippen LogP contribution in [0, 0.1) is 0 Å². The number of nitrogens with zero attached hydrogens (tertiary/aromatic N) is 1. The minimum atomic E-state index is -1.25. The maximum absolute atomic E-state index is 13.3. The van der Waals surface area contributed by atoms with E-state index in [1.807, 2.05) is 24.3 Å². The Balaban J connectivity index is 1.66. The van der Waals surface area contributed by atoms with Crippen molar-refractivity contribution in [1.29, 1.82) is 0 Å². The molecule has 42 heavy (non-hydrogen) atoms. The Bertz CT molecular complexity index is 1420. The van der Waals surface area contributed by atoms with Crippen LogP contribution in [-0.4, -0.2) is 76.1 Å². The molecule has 0 aliphatic carbocycles. The van der Waals surface area contributed by atoms with Gasteiger partial charge in [-0.25, -0.2) is 4.79 Å². The molecule has 3 atom stereocenters. The summed E-state index contributed by atoms with van der Waals surface area (Å²) in [6.45, 7) is -0.271. The van der Waals surface area contributed by atoms with Crippen molar-refractivity contribution in [3.63, 3.8) is 0 Å². The van der Waals surface area contributed by atoms with E-state index in [4.69, 9.17) is 17.2 Å². The molecule has 14 heteroatoms. The number of para-hydroxylation sites is 1. The Morgan fingerprint density at radius 1 is 0.929 bits per heavy atom. The van der Waals surface area contributed by atoms with Crippen LogP contribution in [0.2, 0.25) is 0 Å². The molecule has 3 amide bonds. The summed E-state index contributed by atoms with van der Waals surface area (Å²) in [5, 5.41) is 27.4. The summed E-state index contributed by atoms with van der Waals surface area (Å²) < 4.78 is 0. The van der Waals surface area contributed by atoms with E-state index in [0.717, 1.165) is 22.0 Å². The summed E-state index contributed by atoms with van der Waals surface area (Å²) in [6, 6.07) is 10.3. The number of aliphatic carboxylic acids is 1. The fourth-order valence-electron chi connectivity index (χ4n) is 4.29. The standard InChI is InChI=1S/C28H36N8O6/c29-20(12-16-7-9-18(37)10-8-16)25(39)34-15-24(38)35-23(13-17-14-33-21-5-2-1-4-19(17)21)26(40)36-22(27(41)42)6-3-11-32-28(30)31/h1-2,4-5,7-10,14,20,22-23,33,37H,3,6,11-13,15,29H2,(H,34,39)(H,35,38)(H,36,40)(H,41,42)(H4,30,31,32). The van der Waals surface area contributed by atoms with Crippen LogP contribution in [0.5, 0.6) is 5.75 Å². The van der Waals surface area contributed by atoms with Crippen LogP contribution in [0.15, 0.2) is 59.7 Å². The Hall–Kier alpha value is -5.11. The number of carbonyl (C=O) groups excluding carboxylic acids is 3. The van der Waals surface area contributed by atoms with E-state index in [1.54, 1.807) is 18.3 Å². The van der Waals surface area contributed by atoms with E-state index in [2.05, 4.69) is 25.9 Å². The van der Waals surface area contributed by atoms with Gasteiger partial charge in [0.15, 0.2) is 5.96 Å². The minimum Gasteiger partial charge on any atom is -0.508 e. The lowest BCUT2D eigenvalue weighted by molar-refractivity contribution is -0.142. The van der Waals surface area contributed by atoms with Crippen LogP contribution in [0.4, 0.5) is 0 Å². The average Bonchev–Trinajstić information content (AvgIpc) is 3.36. The molecule has 2 aromatic carbocycles. The molecule has 3 rings (SSSR count). The van der Waals surface area contributed by atoms with Gasteiger partial charge >= 0.3 is 5.97 Å². The molecule has 0 saturated heterocycles. The number of rotatable bonds is 15. The highest BCUT2D eigenvalue weighted by molar-refractivity contribution is 5.93. The van der Waals surface area contributed by atoms with Crippen molar-refractivity contribution in [2.45, 2.75) is 43.8 Å². The second-order valence-corrected chi connectivity index (χ2v) is 9.73. The summed E-state index contributed by atoms with van der Waals surface area (Å²) in [6.07, 6.45) is 2.30. The van der Waals surface area contributed by atoms with E-state index in [-0.39, 0.29) is 37.5 Å². The van der Waals surface area contributed by atoms with Crippen molar-refractivity contribution in [1.82, 2.24) is 20.9 Å². The number of H-pyrrole nitrogens is 1. The summed E-state index contributed by atoms with van der Waals surface area (Å²) in [5.41, 5.74) is 18.8. The second-order valence-electron chi connectivity index (χ2n) is 9.73. The third kappa shape index (κ3) is 9.52. The molecule has 12 N–H and O–H groups in total. The van der Waals surface area contributed by atoms with Crippen molar-refractivity contribution in [3.8, 4) is 5.75 Å². The van der Waals surface area contributed by atoms with Crippen molar-refractivity contribution in [3.05, 3.63) is 65.9 Å². The first-order valence-electron chi connectivity index (χ1n) is 13.3. The van der Waals surface area contributed by atoms with Gasteiger partial charge in [-0.2, -0.15) is 0 Å². The number of carbonyl (C=O) groups is 4. The SMILES string of the molecule is NC(N)=NCCCC(NC(=O)C(Cc1c[nH]c2ccccc12)NC(=O)CNC(=O)C(N)Cc1ccc(O)cc1)C(=O)O. The van der Waals surface area contributed by atoms with Gasteiger partial charge in [-0.1, -0.05) is 30.3 Å². The van der Waals surface area contributed by atoms with Gasteiger partial charge in [0.05, 0.1) is 12.6 Å². The number of nitrogens with one attached hydrogen (secondary N) is 4. The Morgan fingerprint density at radius 2 is 1.64 bits per heavy atom. The molecule has 3 aromatic rings. The molecule has 0 aliphatic heterocycles. The molecular weight excluding hydrogens is 544 g/mol. The van der Waals surface area contributed by atoms with Crippen molar-refractivity contribution < 1.29 is 29.4 Å². The summed E-state index contributed by atoms with van der Waals surface area (Å²) in [7, 11) is 0. The number of aromatic amines is 1. The topological polar surface area (TPSA) is 251 Å². The molecule has 14 nitrogen and oxygen atoms in total. The third-order valence-electron chi connectivity index (χ3n) is 6.46. The molecule has 1 aromatic heterocycles.